The number of nitrogens with one attached hydrogen (secondary N) is 2. The van der Waals surface area contributed by atoms with Crippen LogP contribution < -0.4 is 10.6 Å². The van der Waals surface area contributed by atoms with Gasteiger partial charge in [0.15, 0.2) is 0 Å². The van der Waals surface area contributed by atoms with Crippen LogP contribution in [0.5, 0.6) is 0 Å². The van der Waals surface area contributed by atoms with Crippen molar-refractivity contribution in [2.45, 2.75) is 17.9 Å². The van der Waals surface area contributed by atoms with E-state index in [0.717, 1.165) is 11.3 Å². The predicted molar refractivity (Wildman–Crippen MR) is 92.4 cm³/mol. The Morgan fingerprint density at radius 3 is 2.65 bits per heavy atom. The van der Waals surface area contributed by atoms with Gasteiger partial charge in [0.05, 0.1) is 0 Å². The van der Waals surface area contributed by atoms with Gasteiger partial charge in [0.2, 0.25) is 5.91 Å². The first-order valence-corrected chi connectivity index (χ1v) is 8.36. The van der Waals surface area contributed by atoms with E-state index < -0.39 is 12.5 Å². The van der Waals surface area contributed by atoms with Crippen LogP contribution in [0.4, 0.5) is 15.8 Å². The van der Waals surface area contributed by atoms with Gasteiger partial charge >= 0.3 is 0 Å². The van der Waals surface area contributed by atoms with Gasteiger partial charge in [-0.05, 0) is 49.1 Å². The van der Waals surface area contributed by atoms with Crippen molar-refractivity contribution in [2.24, 2.45) is 0 Å². The van der Waals surface area contributed by atoms with E-state index in [1.807, 2.05) is 25.3 Å². The third-order valence-corrected chi connectivity index (χ3v) is 4.12. The molecule has 23 heavy (non-hydrogen) atoms. The van der Waals surface area contributed by atoms with Gasteiger partial charge in [-0.3, -0.25) is 4.79 Å². The number of rotatable bonds is 6. The molecule has 122 valence electrons. The molecule has 0 bridgehead atoms. The quantitative estimate of drug-likeness (QED) is 0.706. The average molecular weight is 334 g/mol. The number of carbonyl (C=O) groups is 1. The number of amides is 1. The second-order valence-corrected chi connectivity index (χ2v) is 5.90. The average Bonchev–Trinajstić information content (AvgIpc) is 2.54. The van der Waals surface area contributed by atoms with Crippen molar-refractivity contribution in [1.29, 1.82) is 0 Å². The zero-order chi connectivity index (χ0) is 16.8. The molecule has 0 saturated heterocycles. The fraction of sp³-hybridized carbons (Fsp3) is 0.235. The van der Waals surface area contributed by atoms with E-state index in [0.29, 0.717) is 10.6 Å². The maximum atomic E-state index is 13.9. The maximum absolute atomic E-state index is 13.9. The number of aliphatic hydroxyl groups is 1. The Balaban J connectivity index is 2.10. The van der Waals surface area contributed by atoms with E-state index in [-0.39, 0.29) is 11.9 Å². The minimum absolute atomic E-state index is 0.0933. The number of hydrogen-bond donors (Lipinski definition) is 3. The first-order chi connectivity index (χ1) is 11.0. The Bertz CT molecular complexity index is 694. The third-order valence-electron chi connectivity index (χ3n) is 3.35. The van der Waals surface area contributed by atoms with Crippen molar-refractivity contribution in [3.8, 4) is 0 Å². The Morgan fingerprint density at radius 1 is 1.26 bits per heavy atom. The van der Waals surface area contributed by atoms with E-state index >= 15 is 0 Å². The first kappa shape index (κ1) is 17.3. The molecule has 0 aliphatic rings. The highest BCUT2D eigenvalue weighted by Gasteiger charge is 2.09. The third kappa shape index (κ3) is 4.71. The summed E-state index contributed by atoms with van der Waals surface area (Å²) in [5.74, 6) is -0.697. The van der Waals surface area contributed by atoms with Gasteiger partial charge in [0, 0.05) is 22.3 Å². The molecular formula is C17H19FN2O2S. The van der Waals surface area contributed by atoms with Crippen LogP contribution in [0.3, 0.4) is 0 Å². The normalized spacial score (nSPS) is 11.8. The molecule has 2 aromatic rings. The van der Waals surface area contributed by atoms with Gasteiger partial charge < -0.3 is 15.7 Å². The topological polar surface area (TPSA) is 61.4 Å². The zero-order valence-corrected chi connectivity index (χ0v) is 13.8. The van der Waals surface area contributed by atoms with Gasteiger partial charge in [0.1, 0.15) is 12.4 Å². The fourth-order valence-electron chi connectivity index (χ4n) is 2.17. The van der Waals surface area contributed by atoms with Crippen LogP contribution in [0.2, 0.25) is 0 Å². The minimum Gasteiger partial charge on any atom is -0.387 e. The summed E-state index contributed by atoms with van der Waals surface area (Å²) in [6.07, 6.45) is 1.84. The van der Waals surface area contributed by atoms with Crippen LogP contribution in [-0.2, 0) is 4.79 Å². The first-order valence-electron chi connectivity index (χ1n) is 7.14. The molecule has 4 nitrogen and oxygen atoms in total. The molecule has 0 aromatic heterocycles. The molecule has 0 aliphatic heterocycles. The summed E-state index contributed by atoms with van der Waals surface area (Å²) in [6.45, 7) is 1.38. The van der Waals surface area contributed by atoms with Crippen molar-refractivity contribution >= 4 is 29.0 Å². The number of anilines is 2. The summed E-state index contributed by atoms with van der Waals surface area (Å²) in [4.78, 5) is 11.8. The fourth-order valence-corrected chi connectivity index (χ4v) is 2.63. The van der Waals surface area contributed by atoms with Gasteiger partial charge in [-0.1, -0.05) is 12.1 Å². The van der Waals surface area contributed by atoms with Crippen molar-refractivity contribution in [3.63, 3.8) is 0 Å². The highest BCUT2D eigenvalue weighted by molar-refractivity contribution is 7.98. The highest BCUT2D eigenvalue weighted by Crippen LogP contribution is 2.26. The summed E-state index contributed by atoms with van der Waals surface area (Å²) >= 11 is 1.37. The molecule has 0 aliphatic carbocycles. The van der Waals surface area contributed by atoms with E-state index in [9.17, 15) is 9.18 Å². The zero-order valence-electron chi connectivity index (χ0n) is 13.0. The lowest BCUT2D eigenvalue weighted by molar-refractivity contribution is -0.118. The SMILES string of the molecule is CSc1ccc(C(C)Nc2cccc(NC(=O)CO)c2)cc1F. The second kappa shape index (κ2) is 7.99. The smallest absolute Gasteiger partial charge is 0.250 e. The Hall–Kier alpha value is -2.05. The monoisotopic (exact) mass is 334 g/mol. The van der Waals surface area contributed by atoms with Crippen molar-refractivity contribution in [1.82, 2.24) is 0 Å². The molecule has 1 atom stereocenters. The minimum atomic E-state index is -0.560. The lowest BCUT2D eigenvalue weighted by Crippen LogP contribution is -2.15. The molecule has 1 unspecified atom stereocenters. The second-order valence-electron chi connectivity index (χ2n) is 5.05. The molecule has 0 spiro atoms. The summed E-state index contributed by atoms with van der Waals surface area (Å²) in [7, 11) is 0. The molecule has 0 saturated carbocycles. The van der Waals surface area contributed by atoms with Crippen LogP contribution in [0, 0.1) is 5.82 Å². The number of carbonyl (C=O) groups excluding carboxylic acids is 1. The Kier molecular flexibility index (Phi) is 6.01. The molecule has 0 fully saturated rings. The maximum Gasteiger partial charge on any atom is 0.250 e. The number of hydrogen-bond acceptors (Lipinski definition) is 4. The lowest BCUT2D eigenvalue weighted by Gasteiger charge is -2.17. The molecule has 6 heteroatoms. The van der Waals surface area contributed by atoms with Gasteiger partial charge in [-0.2, -0.15) is 0 Å². The van der Waals surface area contributed by atoms with E-state index in [4.69, 9.17) is 5.11 Å². The number of benzene rings is 2. The van der Waals surface area contributed by atoms with Gasteiger partial charge in [-0.15, -0.1) is 11.8 Å². The number of thioether (sulfide) groups is 1. The van der Waals surface area contributed by atoms with Crippen molar-refractivity contribution in [3.05, 3.63) is 53.8 Å². The summed E-state index contributed by atoms with van der Waals surface area (Å²) < 4.78 is 13.9. The molecule has 1 amide bonds. The molecule has 3 N–H and O–H groups in total. The Morgan fingerprint density at radius 2 is 2.00 bits per heavy atom. The summed E-state index contributed by atoms with van der Waals surface area (Å²) in [5, 5.41) is 14.6. The van der Waals surface area contributed by atoms with Gasteiger partial charge in [-0.25, -0.2) is 4.39 Å². The molecule has 0 radical (unpaired) electrons. The van der Waals surface area contributed by atoms with E-state index in [2.05, 4.69) is 10.6 Å². The van der Waals surface area contributed by atoms with E-state index in [1.165, 1.54) is 17.8 Å². The molecule has 0 heterocycles. The van der Waals surface area contributed by atoms with Crippen molar-refractivity contribution < 1.29 is 14.3 Å². The number of aliphatic hydroxyl groups excluding tert-OH is 1. The van der Waals surface area contributed by atoms with Crippen LogP contribution in [0.25, 0.3) is 0 Å². The van der Waals surface area contributed by atoms with Crippen LogP contribution in [0.1, 0.15) is 18.5 Å². The van der Waals surface area contributed by atoms with Crippen LogP contribution >= 0.6 is 11.8 Å². The van der Waals surface area contributed by atoms with Crippen LogP contribution in [-0.4, -0.2) is 23.9 Å². The Labute approximate surface area is 139 Å². The predicted octanol–water partition coefficient (Wildman–Crippen LogP) is 3.65. The van der Waals surface area contributed by atoms with Crippen molar-refractivity contribution in [2.75, 3.05) is 23.5 Å². The van der Waals surface area contributed by atoms with E-state index in [1.54, 1.807) is 24.3 Å². The van der Waals surface area contributed by atoms with Crippen LogP contribution in [0.15, 0.2) is 47.4 Å². The lowest BCUT2D eigenvalue weighted by atomic mass is 10.1. The molecule has 2 aromatic carbocycles. The number of halogens is 1. The largest absolute Gasteiger partial charge is 0.387 e. The van der Waals surface area contributed by atoms with Gasteiger partial charge in [0.25, 0.3) is 0 Å². The summed E-state index contributed by atoms with van der Waals surface area (Å²) in [6, 6.07) is 12.2. The summed E-state index contributed by atoms with van der Waals surface area (Å²) in [5.41, 5.74) is 2.22. The molecule has 2 rings (SSSR count). The standard InChI is InChI=1S/C17H19FN2O2S/c1-11(12-6-7-16(23-2)15(18)8-12)19-13-4-3-5-14(9-13)20-17(22)10-21/h3-9,11,19,21H,10H2,1-2H3,(H,20,22). The molecular weight excluding hydrogens is 315 g/mol. The highest BCUT2D eigenvalue weighted by atomic mass is 32.2.